The molecule has 0 N–H and O–H groups in total. The number of aromatic nitrogens is 2. The van der Waals surface area contributed by atoms with E-state index < -0.39 is 0 Å². The van der Waals surface area contributed by atoms with E-state index in [9.17, 15) is 4.79 Å². The van der Waals surface area contributed by atoms with E-state index in [0.29, 0.717) is 12.2 Å². The van der Waals surface area contributed by atoms with Gasteiger partial charge in [0, 0.05) is 25.1 Å². The normalized spacial score (nSPS) is 18.4. The summed E-state index contributed by atoms with van der Waals surface area (Å²) in [7, 11) is 0. The summed E-state index contributed by atoms with van der Waals surface area (Å²) in [6.07, 6.45) is 3.74. The highest BCUT2D eigenvalue weighted by atomic mass is 16.5. The molecule has 0 aliphatic carbocycles. The van der Waals surface area contributed by atoms with Crippen LogP contribution in [0.2, 0.25) is 0 Å². The van der Waals surface area contributed by atoms with Gasteiger partial charge in [0.15, 0.2) is 0 Å². The van der Waals surface area contributed by atoms with Gasteiger partial charge in [0.2, 0.25) is 5.76 Å². The van der Waals surface area contributed by atoms with Crippen molar-refractivity contribution < 1.29 is 13.8 Å². The number of amides is 1. The van der Waals surface area contributed by atoms with Crippen LogP contribution in [0.5, 0.6) is 0 Å². The van der Waals surface area contributed by atoms with Gasteiger partial charge in [-0.05, 0) is 26.2 Å². The summed E-state index contributed by atoms with van der Waals surface area (Å²) < 4.78 is 10.4. The quantitative estimate of drug-likeness (QED) is 0.865. The lowest BCUT2D eigenvalue weighted by Gasteiger charge is -2.21. The van der Waals surface area contributed by atoms with E-state index in [2.05, 4.69) is 17.2 Å². The maximum Gasteiger partial charge on any atom is 0.293 e. The van der Waals surface area contributed by atoms with Gasteiger partial charge in [0.05, 0.1) is 11.7 Å². The number of carbonyl (C=O) groups excluding carboxylic acids is 1. The molecule has 1 amide bonds. The fourth-order valence-corrected chi connectivity index (χ4v) is 2.77. The first kappa shape index (κ1) is 13.9. The molecule has 6 heteroatoms. The molecule has 1 aliphatic heterocycles. The van der Waals surface area contributed by atoms with Crippen LogP contribution < -0.4 is 0 Å². The molecule has 21 heavy (non-hydrogen) atoms. The molecule has 0 spiro atoms. The number of aryl methyl sites for hydroxylation is 2. The van der Waals surface area contributed by atoms with E-state index >= 15 is 0 Å². The van der Waals surface area contributed by atoms with Crippen molar-refractivity contribution in [1.29, 1.82) is 0 Å². The van der Waals surface area contributed by atoms with Crippen molar-refractivity contribution in [3.8, 4) is 0 Å². The summed E-state index contributed by atoms with van der Waals surface area (Å²) in [5, 5.41) is 7.91. The Balaban J connectivity index is 1.79. The summed E-state index contributed by atoms with van der Waals surface area (Å²) in [6.45, 7) is 4.61. The molecule has 0 radical (unpaired) electrons. The van der Waals surface area contributed by atoms with Gasteiger partial charge in [-0.1, -0.05) is 17.2 Å². The molecular weight excluding hydrogens is 270 g/mol. The first-order valence-electron chi connectivity index (χ1n) is 7.39. The Kier molecular flexibility index (Phi) is 3.77. The predicted molar refractivity (Wildman–Crippen MR) is 74.7 cm³/mol. The number of carbonyl (C=O) groups is 1. The molecule has 2 aromatic rings. The zero-order valence-corrected chi connectivity index (χ0v) is 12.3. The van der Waals surface area contributed by atoms with Crippen molar-refractivity contribution in [3.63, 3.8) is 0 Å². The number of hydrogen-bond donors (Lipinski definition) is 0. The minimum absolute atomic E-state index is 0.0303. The lowest BCUT2D eigenvalue weighted by molar-refractivity contribution is 0.0688. The third kappa shape index (κ3) is 2.70. The van der Waals surface area contributed by atoms with Crippen LogP contribution in [0.3, 0.4) is 0 Å². The number of hydrogen-bond acceptors (Lipinski definition) is 5. The van der Waals surface area contributed by atoms with Crippen LogP contribution >= 0.6 is 0 Å². The van der Waals surface area contributed by atoms with Crippen molar-refractivity contribution >= 4 is 5.91 Å². The number of likely N-dealkylation sites (tertiary alicyclic amines) is 1. The van der Waals surface area contributed by atoms with E-state index in [1.165, 1.54) is 0 Å². The van der Waals surface area contributed by atoms with E-state index in [-0.39, 0.29) is 17.7 Å². The standard InChI is InChI=1S/C15H19N3O3/c1-3-5-11-9-12(17-20-11)13-6-4-7-18(13)15(19)14-8-10(2)16-21-14/h8-9,13H,3-7H2,1-2H3. The van der Waals surface area contributed by atoms with Crippen molar-refractivity contribution in [2.75, 3.05) is 6.54 Å². The molecule has 1 unspecified atom stereocenters. The van der Waals surface area contributed by atoms with Crippen LogP contribution in [0, 0.1) is 6.92 Å². The van der Waals surface area contributed by atoms with Crippen molar-refractivity contribution in [2.24, 2.45) is 0 Å². The Hall–Kier alpha value is -2.11. The maximum absolute atomic E-state index is 12.5. The highest BCUT2D eigenvalue weighted by molar-refractivity contribution is 5.91. The van der Waals surface area contributed by atoms with Crippen LogP contribution in [0.15, 0.2) is 21.2 Å². The highest BCUT2D eigenvalue weighted by Gasteiger charge is 2.34. The lowest BCUT2D eigenvalue weighted by Crippen LogP contribution is -2.30. The van der Waals surface area contributed by atoms with Gasteiger partial charge in [0.25, 0.3) is 5.91 Å². The van der Waals surface area contributed by atoms with E-state index in [4.69, 9.17) is 9.05 Å². The molecule has 0 bridgehead atoms. The van der Waals surface area contributed by atoms with Crippen LogP contribution in [0.4, 0.5) is 0 Å². The smallest absolute Gasteiger partial charge is 0.293 e. The maximum atomic E-state index is 12.5. The predicted octanol–water partition coefficient (Wildman–Crippen LogP) is 2.90. The number of rotatable bonds is 4. The third-order valence-corrected chi connectivity index (χ3v) is 3.77. The largest absolute Gasteiger partial charge is 0.361 e. The van der Waals surface area contributed by atoms with Crippen molar-refractivity contribution in [2.45, 2.75) is 45.6 Å². The van der Waals surface area contributed by atoms with Crippen LogP contribution in [0.1, 0.15) is 59.9 Å². The highest BCUT2D eigenvalue weighted by Crippen LogP contribution is 2.33. The monoisotopic (exact) mass is 289 g/mol. The Morgan fingerprint density at radius 1 is 1.38 bits per heavy atom. The van der Waals surface area contributed by atoms with Gasteiger partial charge in [-0.15, -0.1) is 0 Å². The molecule has 0 saturated carbocycles. The molecule has 112 valence electrons. The SMILES string of the molecule is CCCc1cc(C2CCCN2C(=O)c2cc(C)no2)no1. The molecule has 3 heterocycles. The summed E-state index contributed by atoms with van der Waals surface area (Å²) in [4.78, 5) is 14.3. The zero-order valence-electron chi connectivity index (χ0n) is 12.3. The third-order valence-electron chi connectivity index (χ3n) is 3.77. The Bertz CT molecular complexity index is 632. The van der Waals surface area contributed by atoms with Crippen LogP contribution in [-0.4, -0.2) is 27.7 Å². The zero-order chi connectivity index (χ0) is 14.8. The van der Waals surface area contributed by atoms with Crippen molar-refractivity contribution in [1.82, 2.24) is 15.2 Å². The summed E-state index contributed by atoms with van der Waals surface area (Å²) in [5.74, 6) is 1.04. The summed E-state index contributed by atoms with van der Waals surface area (Å²) >= 11 is 0. The van der Waals surface area contributed by atoms with Crippen molar-refractivity contribution in [3.05, 3.63) is 35.0 Å². The number of nitrogens with zero attached hydrogens (tertiary/aromatic N) is 3. The lowest BCUT2D eigenvalue weighted by atomic mass is 10.1. The average molecular weight is 289 g/mol. The summed E-state index contributed by atoms with van der Waals surface area (Å²) in [5.41, 5.74) is 1.54. The molecule has 6 nitrogen and oxygen atoms in total. The first-order chi connectivity index (χ1) is 10.2. The minimum Gasteiger partial charge on any atom is -0.361 e. The Morgan fingerprint density at radius 2 is 2.24 bits per heavy atom. The van der Waals surface area contributed by atoms with Gasteiger partial charge in [0.1, 0.15) is 11.5 Å². The molecule has 1 atom stereocenters. The topological polar surface area (TPSA) is 72.4 Å². The molecule has 2 aromatic heterocycles. The second-order valence-electron chi connectivity index (χ2n) is 5.46. The van der Waals surface area contributed by atoms with E-state index in [0.717, 1.165) is 37.1 Å². The summed E-state index contributed by atoms with van der Waals surface area (Å²) in [6, 6.07) is 3.60. The molecule has 1 aliphatic rings. The molecule has 1 saturated heterocycles. The van der Waals surface area contributed by atoms with Gasteiger partial charge < -0.3 is 13.9 Å². The molecule has 1 fully saturated rings. The fraction of sp³-hybridized carbons (Fsp3) is 0.533. The average Bonchev–Trinajstić information content (AvgIpc) is 3.17. The molecule has 3 rings (SSSR count). The van der Waals surface area contributed by atoms with E-state index in [1.54, 1.807) is 17.9 Å². The van der Waals surface area contributed by atoms with Crippen LogP contribution in [0.25, 0.3) is 0 Å². The first-order valence-corrected chi connectivity index (χ1v) is 7.39. The van der Waals surface area contributed by atoms with Gasteiger partial charge in [-0.3, -0.25) is 4.79 Å². The second-order valence-corrected chi connectivity index (χ2v) is 5.46. The Labute approximate surface area is 123 Å². The van der Waals surface area contributed by atoms with Gasteiger partial charge in [-0.2, -0.15) is 0 Å². The Morgan fingerprint density at radius 3 is 2.95 bits per heavy atom. The second kappa shape index (κ2) is 5.71. The molecule has 0 aromatic carbocycles. The van der Waals surface area contributed by atoms with Gasteiger partial charge >= 0.3 is 0 Å². The van der Waals surface area contributed by atoms with Crippen LogP contribution in [-0.2, 0) is 6.42 Å². The fourth-order valence-electron chi connectivity index (χ4n) is 2.77. The molecular formula is C15H19N3O3. The van der Waals surface area contributed by atoms with Gasteiger partial charge in [-0.25, -0.2) is 0 Å². The minimum atomic E-state index is -0.127. The van der Waals surface area contributed by atoms with E-state index in [1.807, 2.05) is 6.07 Å².